The summed E-state index contributed by atoms with van der Waals surface area (Å²) in [6, 6.07) is 7.69. The highest BCUT2D eigenvalue weighted by Gasteiger charge is 2.53. The van der Waals surface area contributed by atoms with E-state index < -0.39 is 20.5 Å². The summed E-state index contributed by atoms with van der Waals surface area (Å²) in [6.07, 6.45) is 8.67. The number of sulfone groups is 1. The second-order valence-electron chi connectivity index (χ2n) is 8.71. The van der Waals surface area contributed by atoms with Gasteiger partial charge in [-0.1, -0.05) is 19.3 Å². The minimum atomic E-state index is -3.94. The number of hydroxylamine groups is 1. The largest absolute Gasteiger partial charge is 0.382 e. The van der Waals surface area contributed by atoms with Gasteiger partial charge >= 0.3 is 0 Å². The molecule has 1 aromatic rings. The van der Waals surface area contributed by atoms with Crippen molar-refractivity contribution in [2.45, 2.75) is 79.5 Å². The first-order valence-electron chi connectivity index (χ1n) is 10.8. The van der Waals surface area contributed by atoms with Gasteiger partial charge in [0, 0.05) is 30.9 Å². The fourth-order valence-corrected chi connectivity index (χ4v) is 6.80. The zero-order valence-electron chi connectivity index (χ0n) is 17.2. The Morgan fingerprint density at radius 1 is 1.00 bits per heavy atom. The molecule has 0 aromatic heterocycles. The van der Waals surface area contributed by atoms with E-state index in [1.54, 1.807) is 29.7 Å². The lowest BCUT2D eigenvalue weighted by Crippen LogP contribution is -2.58. The van der Waals surface area contributed by atoms with Gasteiger partial charge in [-0.05, 0) is 62.8 Å². The van der Waals surface area contributed by atoms with Crippen LogP contribution in [0.15, 0.2) is 29.2 Å². The molecule has 1 aromatic carbocycles. The lowest BCUT2D eigenvalue weighted by molar-refractivity contribution is -0.133. The Morgan fingerprint density at radius 2 is 1.60 bits per heavy atom. The number of halogens is 1. The fourth-order valence-electron chi connectivity index (χ4n) is 4.85. The van der Waals surface area contributed by atoms with Gasteiger partial charge in [0.25, 0.3) is 5.91 Å². The zero-order valence-corrected chi connectivity index (χ0v) is 18.8. The van der Waals surface area contributed by atoms with Crippen LogP contribution < -0.4 is 10.8 Å². The summed E-state index contributed by atoms with van der Waals surface area (Å²) in [5, 5.41) is 12.8. The zero-order chi connectivity index (χ0) is 20.5. The van der Waals surface area contributed by atoms with E-state index in [2.05, 4.69) is 10.2 Å². The van der Waals surface area contributed by atoms with E-state index in [0.29, 0.717) is 25.2 Å². The molecule has 168 valence electrons. The van der Waals surface area contributed by atoms with E-state index >= 15 is 0 Å². The van der Waals surface area contributed by atoms with Crippen LogP contribution >= 0.6 is 12.4 Å². The Hall–Kier alpha value is -1.35. The summed E-state index contributed by atoms with van der Waals surface area (Å²) in [6.45, 7) is 1.11. The third-order valence-corrected chi connectivity index (χ3v) is 9.35. The Labute approximate surface area is 184 Å². The lowest BCUT2D eigenvalue weighted by Gasteiger charge is -2.39. The summed E-state index contributed by atoms with van der Waals surface area (Å²) < 4.78 is 25.4. The van der Waals surface area contributed by atoms with Crippen molar-refractivity contribution in [1.82, 2.24) is 10.4 Å². The molecule has 1 amide bonds. The van der Waals surface area contributed by atoms with Gasteiger partial charge in [-0.3, -0.25) is 10.0 Å². The molecule has 1 saturated heterocycles. The number of nitrogens with one attached hydrogen (secondary N) is 2. The van der Waals surface area contributed by atoms with Gasteiger partial charge in [0.1, 0.15) is 0 Å². The SMILES string of the molecule is Cl.O=C(NO)C1(S(=O)(=O)c2ccc(NC3CCCCC3)cc2)CCN(C2CC2)CC1. The van der Waals surface area contributed by atoms with Crippen molar-refractivity contribution >= 4 is 33.8 Å². The van der Waals surface area contributed by atoms with E-state index in [-0.39, 0.29) is 30.1 Å². The average molecular weight is 458 g/mol. The summed E-state index contributed by atoms with van der Waals surface area (Å²) in [5.41, 5.74) is 2.53. The van der Waals surface area contributed by atoms with Crippen molar-refractivity contribution in [2.75, 3.05) is 18.4 Å². The van der Waals surface area contributed by atoms with Gasteiger partial charge in [0.05, 0.1) is 4.90 Å². The van der Waals surface area contributed by atoms with Gasteiger partial charge in [0.2, 0.25) is 0 Å². The number of amides is 1. The summed E-state index contributed by atoms with van der Waals surface area (Å²) >= 11 is 0. The maximum Gasteiger partial charge on any atom is 0.265 e. The Kier molecular flexibility index (Phi) is 7.32. The number of nitrogens with zero attached hydrogens (tertiary/aromatic N) is 1. The van der Waals surface area contributed by atoms with Crippen LogP contribution in [0.1, 0.15) is 57.8 Å². The number of hydrogen-bond acceptors (Lipinski definition) is 6. The molecule has 0 bridgehead atoms. The standard InChI is InChI=1S/C21H31N3O4S.ClH/c25-20(23-26)21(12-14-24(15-13-21)18-8-9-18)29(27,28)19-10-6-17(7-11-19)22-16-4-2-1-3-5-16;/h6-7,10-11,16,18,22,26H,1-5,8-9,12-15H2,(H,23,25);1H. The molecule has 0 radical (unpaired) electrons. The van der Waals surface area contributed by atoms with Crippen LogP contribution in [-0.2, 0) is 14.6 Å². The van der Waals surface area contributed by atoms with E-state index in [1.807, 2.05) is 0 Å². The molecule has 0 atom stereocenters. The number of hydrogen-bond donors (Lipinski definition) is 3. The highest BCUT2D eigenvalue weighted by molar-refractivity contribution is 7.93. The molecular weight excluding hydrogens is 426 g/mol. The highest BCUT2D eigenvalue weighted by atomic mass is 35.5. The lowest BCUT2D eigenvalue weighted by atomic mass is 9.94. The van der Waals surface area contributed by atoms with Gasteiger partial charge < -0.3 is 10.2 Å². The molecule has 2 aliphatic carbocycles. The minimum Gasteiger partial charge on any atom is -0.382 e. The number of carbonyl (C=O) groups excluding carboxylic acids is 1. The van der Waals surface area contributed by atoms with Gasteiger partial charge in [-0.25, -0.2) is 13.9 Å². The fraction of sp³-hybridized carbons (Fsp3) is 0.667. The average Bonchev–Trinajstić information content (AvgIpc) is 3.60. The van der Waals surface area contributed by atoms with Crippen molar-refractivity contribution in [3.8, 4) is 0 Å². The third-order valence-electron chi connectivity index (χ3n) is 6.84. The summed E-state index contributed by atoms with van der Waals surface area (Å²) in [4.78, 5) is 15.0. The first kappa shape index (κ1) is 23.3. The minimum absolute atomic E-state index is 0. The number of anilines is 1. The first-order valence-corrected chi connectivity index (χ1v) is 12.2. The summed E-state index contributed by atoms with van der Waals surface area (Å²) in [5.74, 6) is -0.822. The molecule has 7 nitrogen and oxygen atoms in total. The molecule has 30 heavy (non-hydrogen) atoms. The predicted octanol–water partition coefficient (Wildman–Crippen LogP) is 3.13. The second kappa shape index (κ2) is 9.42. The number of carbonyl (C=O) groups is 1. The molecule has 3 N–H and O–H groups in total. The van der Waals surface area contributed by atoms with Crippen LogP contribution in [0.25, 0.3) is 0 Å². The molecule has 4 rings (SSSR count). The van der Waals surface area contributed by atoms with Crippen LogP contribution in [0.4, 0.5) is 5.69 Å². The van der Waals surface area contributed by atoms with E-state index in [0.717, 1.165) is 31.4 Å². The van der Waals surface area contributed by atoms with Crippen LogP contribution in [0, 0.1) is 0 Å². The van der Waals surface area contributed by atoms with Crippen molar-refractivity contribution < 1.29 is 18.4 Å². The molecule has 3 aliphatic rings. The van der Waals surface area contributed by atoms with Crippen molar-refractivity contribution in [1.29, 1.82) is 0 Å². The number of likely N-dealkylation sites (tertiary alicyclic amines) is 1. The second-order valence-corrected chi connectivity index (χ2v) is 11.0. The van der Waals surface area contributed by atoms with Crippen molar-refractivity contribution in [2.24, 2.45) is 0 Å². The third kappa shape index (κ3) is 4.47. The smallest absolute Gasteiger partial charge is 0.265 e. The maximum atomic E-state index is 13.5. The van der Waals surface area contributed by atoms with Gasteiger partial charge in [-0.2, -0.15) is 0 Å². The number of benzene rings is 1. The quantitative estimate of drug-likeness (QED) is 0.448. The highest BCUT2D eigenvalue weighted by Crippen LogP contribution is 2.39. The van der Waals surface area contributed by atoms with Crippen LogP contribution in [0.2, 0.25) is 0 Å². The predicted molar refractivity (Wildman–Crippen MR) is 118 cm³/mol. The topological polar surface area (TPSA) is 98.7 Å². The van der Waals surface area contributed by atoms with E-state index in [1.165, 1.54) is 19.3 Å². The Morgan fingerprint density at radius 3 is 2.13 bits per heavy atom. The van der Waals surface area contributed by atoms with Gasteiger partial charge in [0.15, 0.2) is 14.6 Å². The van der Waals surface area contributed by atoms with E-state index in [9.17, 15) is 18.4 Å². The van der Waals surface area contributed by atoms with Gasteiger partial charge in [-0.15, -0.1) is 12.4 Å². The van der Waals surface area contributed by atoms with E-state index in [4.69, 9.17) is 0 Å². The number of rotatable bonds is 6. The molecule has 1 aliphatic heterocycles. The van der Waals surface area contributed by atoms with Crippen molar-refractivity contribution in [3.05, 3.63) is 24.3 Å². The maximum absolute atomic E-state index is 13.5. The Bertz CT molecular complexity index is 828. The summed E-state index contributed by atoms with van der Waals surface area (Å²) in [7, 11) is -3.94. The number of piperidine rings is 1. The molecule has 1 heterocycles. The van der Waals surface area contributed by atoms with Crippen LogP contribution in [-0.4, -0.2) is 54.4 Å². The normalized spacial score (nSPS) is 22.7. The molecule has 3 fully saturated rings. The van der Waals surface area contributed by atoms with Crippen LogP contribution in [0.3, 0.4) is 0 Å². The van der Waals surface area contributed by atoms with Crippen molar-refractivity contribution in [3.63, 3.8) is 0 Å². The first-order chi connectivity index (χ1) is 14.0. The molecule has 0 spiro atoms. The monoisotopic (exact) mass is 457 g/mol. The molecule has 0 unspecified atom stereocenters. The molecule has 2 saturated carbocycles. The molecule has 9 heteroatoms. The Balaban J connectivity index is 0.00000256. The molecular formula is C21H32ClN3O4S. The van der Waals surface area contributed by atoms with Crippen LogP contribution in [0.5, 0.6) is 0 Å².